The van der Waals surface area contributed by atoms with Crippen LogP contribution in [-0.4, -0.2) is 104 Å². The van der Waals surface area contributed by atoms with Gasteiger partial charge in [0.05, 0.1) is 54.4 Å². The minimum absolute atomic E-state index is 0.239. The summed E-state index contributed by atoms with van der Waals surface area (Å²) in [5.74, 6) is 3.35. The van der Waals surface area contributed by atoms with E-state index < -0.39 is 0 Å². The van der Waals surface area contributed by atoms with E-state index in [-0.39, 0.29) is 6.10 Å². The van der Waals surface area contributed by atoms with Gasteiger partial charge >= 0.3 is 0 Å². The van der Waals surface area contributed by atoms with Crippen molar-refractivity contribution in [3.05, 3.63) is 42.5 Å². The first kappa shape index (κ1) is 26.3. The molecule has 0 unspecified atom stereocenters. The van der Waals surface area contributed by atoms with Crippen LogP contribution in [0.4, 0.5) is 11.8 Å². The first-order chi connectivity index (χ1) is 20.9. The van der Waals surface area contributed by atoms with Crippen LogP contribution in [-0.2, 0) is 11.8 Å². The van der Waals surface area contributed by atoms with E-state index >= 15 is 0 Å². The number of imidazole rings is 1. The number of aromatic nitrogens is 7. The Balaban J connectivity index is 1.31. The van der Waals surface area contributed by atoms with Gasteiger partial charge in [0.15, 0.2) is 11.6 Å². The summed E-state index contributed by atoms with van der Waals surface area (Å²) in [6, 6.07) is 6.67. The van der Waals surface area contributed by atoms with Crippen LogP contribution in [0.25, 0.3) is 39.0 Å². The van der Waals surface area contributed by atoms with E-state index in [0.29, 0.717) is 12.1 Å². The van der Waals surface area contributed by atoms with Crippen molar-refractivity contribution in [1.29, 1.82) is 0 Å². The summed E-state index contributed by atoms with van der Waals surface area (Å²) in [6.07, 6.45) is 6.65. The fourth-order valence-corrected chi connectivity index (χ4v) is 7.06. The molecule has 222 valence electrons. The maximum Gasteiger partial charge on any atom is 0.206 e. The summed E-state index contributed by atoms with van der Waals surface area (Å²) in [5, 5.41) is 5.82. The molecule has 3 atom stereocenters. The van der Waals surface area contributed by atoms with Crippen molar-refractivity contribution in [2.24, 2.45) is 7.05 Å². The lowest BCUT2D eigenvalue weighted by Gasteiger charge is -2.38. The molecule has 0 N–H and O–H groups in total. The summed E-state index contributed by atoms with van der Waals surface area (Å²) in [7, 11) is 5.96. The normalized spacial score (nSPS) is 22.4. The van der Waals surface area contributed by atoms with Gasteiger partial charge in [-0.3, -0.25) is 9.97 Å². The molecule has 0 radical (unpaired) electrons. The first-order valence-corrected chi connectivity index (χ1v) is 14.9. The van der Waals surface area contributed by atoms with E-state index in [1.807, 2.05) is 29.9 Å². The molecule has 0 saturated carbocycles. The third-order valence-corrected chi connectivity index (χ3v) is 9.33. The standard InChI is InChI=1S/C31H36N10O2/c1-18-15-37(3)8-9-39(18)31-36-29-26(38(31)4)12-28(35-30(29)40-16-21-10-20(40)17-43-21)41-25-11-24(34-19(2)22(25)14-33-41)23-13-32-7-6-27(23)42-5/h6-7,11-14,18,20-21H,8-10,15-17H2,1-5H3/t18-,20+,21+/m0/s1. The molecule has 3 aliphatic rings. The van der Waals surface area contributed by atoms with Gasteiger partial charge in [-0.2, -0.15) is 5.10 Å². The monoisotopic (exact) mass is 580 g/mol. The van der Waals surface area contributed by atoms with Crippen molar-refractivity contribution in [3.8, 4) is 22.8 Å². The van der Waals surface area contributed by atoms with Crippen molar-refractivity contribution < 1.29 is 9.47 Å². The van der Waals surface area contributed by atoms with Crippen LogP contribution in [0.1, 0.15) is 19.0 Å². The van der Waals surface area contributed by atoms with Gasteiger partial charge in [-0.25, -0.2) is 14.6 Å². The zero-order chi connectivity index (χ0) is 29.4. The Bertz CT molecular complexity index is 1860. The fourth-order valence-electron chi connectivity index (χ4n) is 7.06. The first-order valence-electron chi connectivity index (χ1n) is 14.9. The number of anilines is 2. The van der Waals surface area contributed by atoms with Crippen LogP contribution < -0.4 is 14.5 Å². The molecule has 5 aromatic rings. The number of aryl methyl sites for hydroxylation is 2. The molecule has 12 heteroatoms. The van der Waals surface area contributed by atoms with Gasteiger partial charge in [0.2, 0.25) is 5.95 Å². The van der Waals surface area contributed by atoms with Gasteiger partial charge in [0, 0.05) is 68.8 Å². The van der Waals surface area contributed by atoms with Gasteiger partial charge in [0.25, 0.3) is 0 Å². The number of nitrogens with zero attached hydrogens (tertiary/aromatic N) is 10. The molecule has 43 heavy (non-hydrogen) atoms. The summed E-state index contributed by atoms with van der Waals surface area (Å²) in [5.41, 5.74) is 5.37. The number of ether oxygens (including phenoxy) is 2. The van der Waals surface area contributed by atoms with E-state index in [9.17, 15) is 0 Å². The molecule has 0 amide bonds. The van der Waals surface area contributed by atoms with Gasteiger partial charge < -0.3 is 28.7 Å². The molecule has 8 heterocycles. The predicted molar refractivity (Wildman–Crippen MR) is 165 cm³/mol. The molecular weight excluding hydrogens is 544 g/mol. The minimum atomic E-state index is 0.239. The van der Waals surface area contributed by atoms with Crippen molar-refractivity contribution in [1.82, 2.24) is 39.2 Å². The topological polar surface area (TPSA) is 102 Å². The fraction of sp³-hybridized carbons (Fsp3) is 0.452. The van der Waals surface area contributed by atoms with Crippen LogP contribution in [0.15, 0.2) is 36.8 Å². The van der Waals surface area contributed by atoms with E-state index in [4.69, 9.17) is 29.5 Å². The van der Waals surface area contributed by atoms with Crippen molar-refractivity contribution in [2.45, 2.75) is 38.5 Å². The van der Waals surface area contributed by atoms with Crippen molar-refractivity contribution >= 4 is 33.7 Å². The second-order valence-corrected chi connectivity index (χ2v) is 12.1. The Hall–Kier alpha value is -4.29. The lowest BCUT2D eigenvalue weighted by Crippen LogP contribution is -2.51. The van der Waals surface area contributed by atoms with Crippen LogP contribution in [0, 0.1) is 6.92 Å². The minimum Gasteiger partial charge on any atom is -0.496 e. The number of piperazine rings is 1. The van der Waals surface area contributed by atoms with E-state index in [0.717, 1.165) is 101 Å². The lowest BCUT2D eigenvalue weighted by molar-refractivity contribution is 0.0989. The SMILES string of the molecule is COc1ccncc1-c1cc2c(cnn2-c2cc3c(nc(N4CCN(C)C[C@@H]4C)n3C)c(N3C[C@H]4C[C@@H]3CO4)n2)c(C)n1. The van der Waals surface area contributed by atoms with Gasteiger partial charge in [-0.1, -0.05) is 0 Å². The second kappa shape index (κ2) is 9.88. The molecule has 3 aliphatic heterocycles. The van der Waals surface area contributed by atoms with Crippen LogP contribution in [0.2, 0.25) is 0 Å². The number of pyridine rings is 3. The summed E-state index contributed by atoms with van der Waals surface area (Å²) >= 11 is 0. The molecule has 0 spiro atoms. The average molecular weight is 581 g/mol. The molecule has 8 rings (SSSR count). The molecule has 0 aliphatic carbocycles. The van der Waals surface area contributed by atoms with E-state index in [2.05, 4.69) is 51.3 Å². The zero-order valence-corrected chi connectivity index (χ0v) is 25.2. The number of rotatable bonds is 5. The molecular formula is C31H36N10O2. The number of hydrogen-bond acceptors (Lipinski definition) is 10. The highest BCUT2D eigenvalue weighted by molar-refractivity contribution is 5.92. The van der Waals surface area contributed by atoms with Crippen LogP contribution in [0.3, 0.4) is 0 Å². The summed E-state index contributed by atoms with van der Waals surface area (Å²) < 4.78 is 15.7. The Morgan fingerprint density at radius 2 is 1.88 bits per heavy atom. The second-order valence-electron chi connectivity index (χ2n) is 12.1. The molecule has 0 aromatic carbocycles. The van der Waals surface area contributed by atoms with Crippen molar-refractivity contribution in [3.63, 3.8) is 0 Å². The maximum atomic E-state index is 5.96. The number of methoxy groups -OCH3 is 1. The number of likely N-dealkylation sites (N-methyl/N-ethyl adjacent to an activating group) is 1. The molecule has 12 nitrogen and oxygen atoms in total. The molecule has 3 saturated heterocycles. The average Bonchev–Trinajstić information content (AvgIpc) is 3.81. The van der Waals surface area contributed by atoms with Crippen molar-refractivity contribution in [2.75, 3.05) is 56.7 Å². The number of fused-ring (bicyclic) bond motifs is 4. The Kier molecular flexibility index (Phi) is 6.05. The van der Waals surface area contributed by atoms with Crippen LogP contribution >= 0.6 is 0 Å². The highest BCUT2D eigenvalue weighted by atomic mass is 16.5. The molecule has 3 fully saturated rings. The Morgan fingerprint density at radius 1 is 1.00 bits per heavy atom. The largest absolute Gasteiger partial charge is 0.496 e. The number of hydrogen-bond donors (Lipinski definition) is 0. The smallest absolute Gasteiger partial charge is 0.206 e. The van der Waals surface area contributed by atoms with Gasteiger partial charge in [0.1, 0.15) is 11.3 Å². The molecule has 5 aromatic heterocycles. The van der Waals surface area contributed by atoms with E-state index in [1.54, 1.807) is 19.5 Å². The zero-order valence-electron chi connectivity index (χ0n) is 25.2. The van der Waals surface area contributed by atoms with Crippen LogP contribution in [0.5, 0.6) is 5.75 Å². The maximum absolute atomic E-state index is 5.96. The third kappa shape index (κ3) is 4.14. The Morgan fingerprint density at radius 3 is 2.65 bits per heavy atom. The number of morpholine rings is 1. The van der Waals surface area contributed by atoms with Gasteiger partial charge in [-0.15, -0.1) is 0 Å². The summed E-state index contributed by atoms with van der Waals surface area (Å²) in [6.45, 7) is 8.77. The van der Waals surface area contributed by atoms with Gasteiger partial charge in [-0.05, 0) is 39.4 Å². The lowest BCUT2D eigenvalue weighted by atomic mass is 10.1. The highest BCUT2D eigenvalue weighted by Gasteiger charge is 2.41. The molecule has 2 bridgehead atoms. The predicted octanol–water partition coefficient (Wildman–Crippen LogP) is 3.20. The summed E-state index contributed by atoms with van der Waals surface area (Å²) in [4.78, 5) is 27.0. The Labute approximate surface area is 249 Å². The third-order valence-electron chi connectivity index (χ3n) is 9.33. The highest BCUT2D eigenvalue weighted by Crippen LogP contribution is 2.38. The van der Waals surface area contributed by atoms with E-state index in [1.165, 1.54) is 0 Å². The quantitative estimate of drug-likeness (QED) is 0.308.